The van der Waals surface area contributed by atoms with Crippen molar-refractivity contribution in [1.82, 2.24) is 9.97 Å². The van der Waals surface area contributed by atoms with Crippen molar-refractivity contribution in [3.05, 3.63) is 47.8 Å². The number of aromatic nitrogens is 2. The van der Waals surface area contributed by atoms with Crippen LogP contribution in [0, 0.1) is 0 Å². The molecule has 133 valence electrons. The van der Waals surface area contributed by atoms with E-state index >= 15 is 0 Å². The topological polar surface area (TPSA) is 137 Å². The standard InChI is InChI=1S/C14H8N2O4.Cu.FO2S/c17-13(18)9-5-3-7-1-2-8-4-6-10(14(19)20)16-12(8)11(7)15-9;;1-4(2)3/h1-6H,(H,17,18)(H,19,20);;/q;+2;-1/p-1. The summed E-state index contributed by atoms with van der Waals surface area (Å²) in [4.78, 5) is 29.9. The van der Waals surface area contributed by atoms with Crippen LogP contribution in [0.5, 0.6) is 0 Å². The molecule has 0 atom stereocenters. The van der Waals surface area contributed by atoms with Crippen molar-refractivity contribution in [2.75, 3.05) is 0 Å². The third-order valence-electron chi connectivity index (χ3n) is 2.95. The number of carboxylic acids is 2. The SMILES string of the molecule is O=C([O-])c1ccc2ccc3ccc(C(=O)O)nc3c2n1.O=[S-](=O)F.[Cu+2]. The summed E-state index contributed by atoms with van der Waals surface area (Å²) >= 11 is -3.36. The fourth-order valence-corrected chi connectivity index (χ4v) is 2.00. The third kappa shape index (κ3) is 4.92. The Kier molecular flexibility index (Phi) is 6.92. The van der Waals surface area contributed by atoms with Crippen molar-refractivity contribution >= 4 is 44.8 Å². The molecule has 0 aliphatic carbocycles. The number of rotatable bonds is 2. The Bertz CT molecular complexity index is 960. The van der Waals surface area contributed by atoms with E-state index in [9.17, 15) is 18.6 Å². The average molecular weight is 414 g/mol. The second-order valence-electron chi connectivity index (χ2n) is 4.39. The minimum Gasteiger partial charge on any atom is -0.543 e. The predicted molar refractivity (Wildman–Crippen MR) is 78.2 cm³/mol. The van der Waals surface area contributed by atoms with Crippen LogP contribution in [0.4, 0.5) is 3.89 Å². The van der Waals surface area contributed by atoms with Gasteiger partial charge in [-0.15, -0.1) is 0 Å². The van der Waals surface area contributed by atoms with Gasteiger partial charge in [0, 0.05) is 10.8 Å². The quantitative estimate of drug-likeness (QED) is 0.284. The fourth-order valence-electron chi connectivity index (χ4n) is 2.00. The van der Waals surface area contributed by atoms with Crippen molar-refractivity contribution in [2.24, 2.45) is 0 Å². The van der Waals surface area contributed by atoms with E-state index in [2.05, 4.69) is 9.97 Å². The Labute approximate surface area is 152 Å². The van der Waals surface area contributed by atoms with Crippen LogP contribution in [-0.4, -0.2) is 27.0 Å². The van der Waals surface area contributed by atoms with E-state index in [1.54, 1.807) is 24.3 Å². The largest absolute Gasteiger partial charge is 2.00 e. The Balaban J connectivity index is 0.000000568. The molecule has 8 nitrogen and oxygen atoms in total. The summed E-state index contributed by atoms with van der Waals surface area (Å²) in [5, 5.41) is 21.2. The van der Waals surface area contributed by atoms with Crippen molar-refractivity contribution in [3.8, 4) is 0 Å². The second-order valence-corrected chi connectivity index (χ2v) is 4.78. The van der Waals surface area contributed by atoms with E-state index in [4.69, 9.17) is 13.5 Å². The van der Waals surface area contributed by atoms with Gasteiger partial charge in [0.1, 0.15) is 5.69 Å². The minimum absolute atomic E-state index is 0. The fraction of sp³-hybridized carbons (Fsp3) is 0. The summed E-state index contributed by atoms with van der Waals surface area (Å²) in [6.45, 7) is 0. The molecule has 3 aromatic rings. The van der Waals surface area contributed by atoms with Crippen molar-refractivity contribution < 1.29 is 49.2 Å². The maximum Gasteiger partial charge on any atom is 2.00 e. The second kappa shape index (κ2) is 8.47. The van der Waals surface area contributed by atoms with Crippen LogP contribution in [0.2, 0.25) is 0 Å². The number of nitrogens with zero attached hydrogens (tertiary/aromatic N) is 2. The smallest absolute Gasteiger partial charge is 0.543 e. The zero-order valence-corrected chi connectivity index (χ0v) is 13.7. The predicted octanol–water partition coefficient (Wildman–Crippen LogP) is 1.02. The van der Waals surface area contributed by atoms with E-state index < -0.39 is 23.0 Å². The Morgan fingerprint density at radius 3 is 1.68 bits per heavy atom. The van der Waals surface area contributed by atoms with Crippen LogP contribution in [-0.2, 0) is 36.6 Å². The number of fused-ring (bicyclic) bond motifs is 3. The molecule has 25 heavy (non-hydrogen) atoms. The van der Waals surface area contributed by atoms with Gasteiger partial charge < -0.3 is 27.3 Å². The maximum absolute atomic E-state index is 11.0. The van der Waals surface area contributed by atoms with Gasteiger partial charge in [-0.05, 0) is 12.1 Å². The molecule has 0 spiro atoms. The number of benzene rings is 1. The Morgan fingerprint density at radius 1 is 0.920 bits per heavy atom. The van der Waals surface area contributed by atoms with Gasteiger partial charge in [-0.25, -0.2) is 14.8 Å². The zero-order chi connectivity index (χ0) is 17.9. The Hall–Kier alpha value is -2.62. The molecule has 1 N–H and O–H groups in total. The van der Waals surface area contributed by atoms with Crippen LogP contribution in [0.3, 0.4) is 0 Å². The minimum atomic E-state index is -3.36. The van der Waals surface area contributed by atoms with Crippen molar-refractivity contribution in [2.45, 2.75) is 0 Å². The molecule has 1 aromatic carbocycles. The van der Waals surface area contributed by atoms with E-state index in [0.717, 1.165) is 0 Å². The molecule has 0 aliphatic rings. The van der Waals surface area contributed by atoms with E-state index in [1.165, 1.54) is 12.1 Å². The number of pyridine rings is 2. The van der Waals surface area contributed by atoms with Gasteiger partial charge in [0.2, 0.25) is 0 Å². The Morgan fingerprint density at radius 2 is 1.28 bits per heavy atom. The molecule has 1 radical (unpaired) electrons. The molecule has 11 heteroatoms. The summed E-state index contributed by atoms with van der Waals surface area (Å²) < 4.78 is 26.6. The van der Waals surface area contributed by atoms with Crippen molar-refractivity contribution in [3.63, 3.8) is 0 Å². The van der Waals surface area contributed by atoms with Gasteiger partial charge in [0.05, 0.1) is 33.8 Å². The van der Waals surface area contributed by atoms with E-state index in [-0.39, 0.29) is 28.5 Å². The summed E-state index contributed by atoms with van der Waals surface area (Å²) in [6, 6.07) is 9.47. The summed E-state index contributed by atoms with van der Waals surface area (Å²) in [7, 11) is 0. The number of aromatic carboxylic acids is 2. The first-order valence-electron chi connectivity index (χ1n) is 6.20. The van der Waals surface area contributed by atoms with Gasteiger partial charge in [-0.2, -0.15) is 0 Å². The first kappa shape index (κ1) is 20.4. The molecular formula is C14H7CuFN2O6S. The van der Waals surface area contributed by atoms with Gasteiger partial charge in [0.15, 0.2) is 0 Å². The normalized spacial score (nSPS) is 10.0. The molecule has 2 heterocycles. The number of carboxylic acid groups (broad SMARTS) is 2. The van der Waals surface area contributed by atoms with E-state index in [1.807, 2.05) is 0 Å². The van der Waals surface area contributed by atoms with Crippen LogP contribution in [0.15, 0.2) is 36.4 Å². The van der Waals surface area contributed by atoms with Gasteiger partial charge in [0.25, 0.3) is 0 Å². The number of hydrogen-bond acceptors (Lipinski definition) is 8. The van der Waals surface area contributed by atoms with E-state index in [0.29, 0.717) is 21.8 Å². The van der Waals surface area contributed by atoms with Gasteiger partial charge in [-0.1, -0.05) is 24.3 Å². The van der Waals surface area contributed by atoms with Crippen LogP contribution < -0.4 is 5.11 Å². The van der Waals surface area contributed by atoms with Gasteiger partial charge >= 0.3 is 23.0 Å². The summed E-state index contributed by atoms with van der Waals surface area (Å²) in [5.74, 6) is -2.54. The zero-order valence-electron chi connectivity index (χ0n) is 11.9. The van der Waals surface area contributed by atoms with Gasteiger partial charge in [-0.3, -0.25) is 0 Å². The average Bonchev–Trinajstić information content (AvgIpc) is 2.53. The number of carbonyl (C=O) groups excluding carboxylic acids is 1. The molecule has 3 rings (SSSR count). The number of halogens is 1. The molecule has 0 saturated heterocycles. The first-order valence-corrected chi connectivity index (χ1v) is 7.18. The molecule has 2 aromatic heterocycles. The molecule has 0 saturated carbocycles. The summed E-state index contributed by atoms with van der Waals surface area (Å²) in [6.07, 6.45) is 0. The number of carbonyl (C=O) groups is 2. The van der Waals surface area contributed by atoms with Crippen LogP contribution >= 0.6 is 0 Å². The molecule has 0 bridgehead atoms. The van der Waals surface area contributed by atoms with Crippen LogP contribution in [0.25, 0.3) is 21.8 Å². The molecule has 0 aliphatic heterocycles. The molecule has 0 fully saturated rings. The molecule has 0 unspecified atom stereocenters. The van der Waals surface area contributed by atoms with Crippen LogP contribution in [0.1, 0.15) is 21.0 Å². The monoisotopic (exact) mass is 413 g/mol. The van der Waals surface area contributed by atoms with Crippen molar-refractivity contribution in [1.29, 1.82) is 0 Å². The maximum atomic E-state index is 11.0. The first-order chi connectivity index (χ1) is 11.3. The number of hydrogen-bond donors (Lipinski definition) is 1. The molecular weight excluding hydrogens is 407 g/mol. The summed E-state index contributed by atoms with van der Waals surface area (Å²) in [5.41, 5.74) is 0.357. The third-order valence-corrected chi connectivity index (χ3v) is 2.95. The molecule has 0 amide bonds.